The molecule has 0 amide bonds. The Balaban J connectivity index is 1.76. The average Bonchev–Trinajstić information content (AvgIpc) is 3.10. The Bertz CT molecular complexity index is 714. The van der Waals surface area contributed by atoms with E-state index in [0.717, 1.165) is 30.0 Å². The van der Waals surface area contributed by atoms with Crippen LogP contribution in [0.1, 0.15) is 18.7 Å². The van der Waals surface area contributed by atoms with Gasteiger partial charge in [-0.2, -0.15) is 0 Å². The first-order valence-electron chi connectivity index (χ1n) is 7.10. The second-order valence-corrected chi connectivity index (χ2v) is 7.55. The summed E-state index contributed by atoms with van der Waals surface area (Å²) in [4.78, 5) is 8.06. The predicted octanol–water partition coefficient (Wildman–Crippen LogP) is 1.77. The summed E-state index contributed by atoms with van der Waals surface area (Å²) in [6, 6.07) is 7.38. The van der Waals surface area contributed by atoms with Gasteiger partial charge in [-0.25, -0.2) is 13.4 Å². The van der Waals surface area contributed by atoms with Gasteiger partial charge in [0.1, 0.15) is 5.82 Å². The third kappa shape index (κ3) is 3.33. The third-order valence-electron chi connectivity index (χ3n) is 3.82. The molecule has 1 atom stereocenters. The smallest absolute Gasteiger partial charge is 0.175 e. The minimum atomic E-state index is -3.15. The van der Waals surface area contributed by atoms with E-state index in [2.05, 4.69) is 15.3 Å². The zero-order chi connectivity index (χ0) is 14.9. The fourth-order valence-corrected chi connectivity index (χ4v) is 3.29. The van der Waals surface area contributed by atoms with E-state index in [-0.39, 0.29) is 0 Å². The molecule has 21 heavy (non-hydrogen) atoms. The highest BCUT2D eigenvalue weighted by Gasteiger charge is 2.16. The molecule has 0 aliphatic carbocycles. The number of hydrogen-bond donors (Lipinski definition) is 2. The molecular weight excluding hydrogens is 286 g/mol. The van der Waals surface area contributed by atoms with Gasteiger partial charge in [-0.3, -0.25) is 0 Å². The molecule has 0 bridgehead atoms. The molecule has 1 aromatic heterocycles. The highest BCUT2D eigenvalue weighted by Crippen LogP contribution is 2.20. The standard InChI is InChI=1S/C15H19N3O2S/c1-21(19,20)13-6-4-11(5-7-13)14-10-17-15(18-14)9-12-3-2-8-16-12/h4-7,10,12,16H,2-3,8-9H2,1H3,(H,17,18). The first-order valence-corrected chi connectivity index (χ1v) is 8.99. The van der Waals surface area contributed by atoms with E-state index in [9.17, 15) is 8.42 Å². The molecule has 0 spiro atoms. The molecule has 0 radical (unpaired) electrons. The van der Waals surface area contributed by atoms with E-state index in [0.29, 0.717) is 10.9 Å². The van der Waals surface area contributed by atoms with Gasteiger partial charge in [-0.15, -0.1) is 0 Å². The highest BCUT2D eigenvalue weighted by atomic mass is 32.2. The number of aromatic nitrogens is 2. The maximum Gasteiger partial charge on any atom is 0.175 e. The Labute approximate surface area is 124 Å². The van der Waals surface area contributed by atoms with E-state index in [1.54, 1.807) is 18.3 Å². The van der Waals surface area contributed by atoms with Crippen LogP contribution in [0.3, 0.4) is 0 Å². The Kier molecular flexibility index (Phi) is 3.82. The lowest BCUT2D eigenvalue weighted by molar-refractivity contribution is 0.588. The van der Waals surface area contributed by atoms with Crippen molar-refractivity contribution in [2.75, 3.05) is 12.8 Å². The first-order chi connectivity index (χ1) is 10.0. The normalized spacial score (nSPS) is 19.0. The molecule has 2 aromatic rings. The van der Waals surface area contributed by atoms with Crippen LogP contribution < -0.4 is 5.32 Å². The lowest BCUT2D eigenvalue weighted by atomic mass is 10.1. The van der Waals surface area contributed by atoms with Crippen LogP contribution in [0.2, 0.25) is 0 Å². The number of H-pyrrole nitrogens is 1. The number of aromatic amines is 1. The summed E-state index contributed by atoms with van der Waals surface area (Å²) in [5.74, 6) is 0.969. The topological polar surface area (TPSA) is 74.8 Å². The number of benzene rings is 1. The van der Waals surface area contributed by atoms with Crippen molar-refractivity contribution in [1.29, 1.82) is 0 Å². The van der Waals surface area contributed by atoms with E-state index in [1.165, 1.54) is 19.1 Å². The van der Waals surface area contributed by atoms with Gasteiger partial charge in [0.25, 0.3) is 0 Å². The van der Waals surface area contributed by atoms with Crippen molar-refractivity contribution in [3.63, 3.8) is 0 Å². The van der Waals surface area contributed by atoms with Gasteiger partial charge in [-0.1, -0.05) is 12.1 Å². The van der Waals surface area contributed by atoms with Crippen LogP contribution in [0, 0.1) is 0 Å². The SMILES string of the molecule is CS(=O)(=O)c1ccc(-c2cnc(CC3CCCN3)[nH]2)cc1. The van der Waals surface area contributed by atoms with Gasteiger partial charge >= 0.3 is 0 Å². The van der Waals surface area contributed by atoms with E-state index >= 15 is 0 Å². The summed E-state index contributed by atoms with van der Waals surface area (Å²) in [5, 5.41) is 3.45. The number of nitrogens with zero attached hydrogens (tertiary/aromatic N) is 1. The molecule has 1 fully saturated rings. The molecule has 1 aliphatic rings. The molecule has 0 saturated carbocycles. The van der Waals surface area contributed by atoms with Crippen LogP contribution >= 0.6 is 0 Å². The zero-order valence-electron chi connectivity index (χ0n) is 12.0. The van der Waals surface area contributed by atoms with E-state index in [1.807, 2.05) is 12.1 Å². The molecule has 1 unspecified atom stereocenters. The third-order valence-corrected chi connectivity index (χ3v) is 4.95. The molecule has 1 aromatic carbocycles. The number of nitrogens with one attached hydrogen (secondary N) is 2. The molecule has 3 rings (SSSR count). The van der Waals surface area contributed by atoms with Crippen molar-refractivity contribution in [3.8, 4) is 11.3 Å². The average molecular weight is 305 g/mol. The molecule has 5 nitrogen and oxygen atoms in total. The predicted molar refractivity (Wildman–Crippen MR) is 81.9 cm³/mol. The van der Waals surface area contributed by atoms with Crippen LogP contribution in [0.5, 0.6) is 0 Å². The van der Waals surface area contributed by atoms with E-state index < -0.39 is 9.84 Å². The van der Waals surface area contributed by atoms with Crippen molar-refractivity contribution in [2.45, 2.75) is 30.2 Å². The second-order valence-electron chi connectivity index (χ2n) is 5.54. The number of sulfone groups is 1. The maximum absolute atomic E-state index is 11.5. The van der Waals surface area contributed by atoms with Crippen LogP contribution in [0.25, 0.3) is 11.3 Å². The zero-order valence-corrected chi connectivity index (χ0v) is 12.8. The van der Waals surface area contributed by atoms with Crippen LogP contribution in [-0.4, -0.2) is 37.2 Å². The summed E-state index contributed by atoms with van der Waals surface area (Å²) in [7, 11) is -3.15. The highest BCUT2D eigenvalue weighted by molar-refractivity contribution is 7.90. The van der Waals surface area contributed by atoms with Gasteiger partial charge in [-0.05, 0) is 37.1 Å². The van der Waals surface area contributed by atoms with Crippen molar-refractivity contribution >= 4 is 9.84 Å². The van der Waals surface area contributed by atoms with E-state index in [4.69, 9.17) is 0 Å². The second kappa shape index (κ2) is 5.61. The van der Waals surface area contributed by atoms with Gasteiger partial charge in [0.15, 0.2) is 9.84 Å². The summed E-state index contributed by atoms with van der Waals surface area (Å²) in [6.45, 7) is 1.09. The van der Waals surface area contributed by atoms with Crippen LogP contribution in [0.4, 0.5) is 0 Å². The van der Waals surface area contributed by atoms with Gasteiger partial charge < -0.3 is 10.3 Å². The van der Waals surface area contributed by atoms with Gasteiger partial charge in [0.05, 0.1) is 16.8 Å². The quantitative estimate of drug-likeness (QED) is 0.903. The molecule has 6 heteroatoms. The Morgan fingerprint density at radius 2 is 2.05 bits per heavy atom. The number of rotatable bonds is 4. The summed E-state index contributed by atoms with van der Waals surface area (Å²) in [5.41, 5.74) is 1.86. The molecule has 1 aliphatic heterocycles. The minimum absolute atomic E-state index is 0.334. The van der Waals surface area contributed by atoms with Gasteiger partial charge in [0, 0.05) is 18.7 Å². The Hall–Kier alpha value is -1.66. The number of imidazole rings is 1. The molecular formula is C15H19N3O2S. The van der Waals surface area contributed by atoms with Crippen LogP contribution in [0.15, 0.2) is 35.4 Å². The van der Waals surface area contributed by atoms with Crippen molar-refractivity contribution in [2.24, 2.45) is 0 Å². The molecule has 1 saturated heterocycles. The molecule has 2 N–H and O–H groups in total. The monoisotopic (exact) mass is 305 g/mol. The summed E-state index contributed by atoms with van der Waals surface area (Å²) >= 11 is 0. The largest absolute Gasteiger partial charge is 0.342 e. The summed E-state index contributed by atoms with van der Waals surface area (Å²) in [6.07, 6.45) is 6.34. The Morgan fingerprint density at radius 3 is 2.67 bits per heavy atom. The van der Waals surface area contributed by atoms with Crippen molar-refractivity contribution in [3.05, 3.63) is 36.3 Å². The number of hydrogen-bond acceptors (Lipinski definition) is 4. The van der Waals surface area contributed by atoms with Gasteiger partial charge in [0.2, 0.25) is 0 Å². The Morgan fingerprint density at radius 1 is 1.29 bits per heavy atom. The summed E-state index contributed by atoms with van der Waals surface area (Å²) < 4.78 is 22.9. The van der Waals surface area contributed by atoms with Crippen molar-refractivity contribution in [1.82, 2.24) is 15.3 Å². The maximum atomic E-state index is 11.5. The van der Waals surface area contributed by atoms with Crippen molar-refractivity contribution < 1.29 is 8.42 Å². The minimum Gasteiger partial charge on any atom is -0.342 e. The fraction of sp³-hybridized carbons (Fsp3) is 0.400. The lowest BCUT2D eigenvalue weighted by Crippen LogP contribution is -2.24. The lowest BCUT2D eigenvalue weighted by Gasteiger charge is -2.06. The fourth-order valence-electron chi connectivity index (χ4n) is 2.66. The molecule has 112 valence electrons. The first kappa shape index (κ1) is 14.3. The van der Waals surface area contributed by atoms with Crippen LogP contribution in [-0.2, 0) is 16.3 Å². The molecule has 2 heterocycles.